The zero-order valence-corrected chi connectivity index (χ0v) is 17.0. The lowest BCUT2D eigenvalue weighted by molar-refractivity contribution is -0.133. The summed E-state index contributed by atoms with van der Waals surface area (Å²) in [5.41, 5.74) is 3.19. The van der Waals surface area contributed by atoms with E-state index in [1.807, 2.05) is 38.1 Å². The van der Waals surface area contributed by atoms with E-state index in [1.165, 1.54) is 23.2 Å². The number of thiophene rings is 1. The fraction of sp³-hybridized carbons (Fsp3) is 0.350. The van der Waals surface area contributed by atoms with Gasteiger partial charge in [-0.15, -0.1) is 11.3 Å². The van der Waals surface area contributed by atoms with Gasteiger partial charge in [0.1, 0.15) is 5.00 Å². The number of nitrogens with zero attached hydrogens (tertiary/aromatic N) is 1. The van der Waals surface area contributed by atoms with Gasteiger partial charge in [0, 0.05) is 25.4 Å². The maximum atomic E-state index is 12.5. The van der Waals surface area contributed by atoms with Crippen molar-refractivity contribution in [3.63, 3.8) is 0 Å². The molecule has 0 saturated heterocycles. The average molecular weight is 388 g/mol. The van der Waals surface area contributed by atoms with Gasteiger partial charge in [0.25, 0.3) is 5.91 Å². The third-order valence-electron chi connectivity index (χ3n) is 4.30. The molecule has 1 N–H and O–H groups in total. The lowest BCUT2D eigenvalue weighted by atomic mass is 10.1. The van der Waals surface area contributed by atoms with E-state index in [0.717, 1.165) is 21.6 Å². The number of likely N-dealkylation sites (N-methyl/N-ethyl adjacent to an activating group) is 1. The molecule has 0 saturated carbocycles. The Morgan fingerprint density at radius 1 is 1.15 bits per heavy atom. The van der Waals surface area contributed by atoms with Crippen molar-refractivity contribution < 1.29 is 19.1 Å². The summed E-state index contributed by atoms with van der Waals surface area (Å²) in [4.78, 5) is 38.6. The van der Waals surface area contributed by atoms with Crippen LogP contribution in [-0.4, -0.2) is 36.3 Å². The number of nitrogens with one attached hydrogen (secondary N) is 1. The Labute approximate surface area is 163 Å². The molecule has 0 spiro atoms. The highest BCUT2D eigenvalue weighted by Crippen LogP contribution is 2.33. The maximum absolute atomic E-state index is 12.5. The predicted molar refractivity (Wildman–Crippen MR) is 106 cm³/mol. The molecule has 1 heterocycles. The minimum atomic E-state index is -0.613. The van der Waals surface area contributed by atoms with Crippen LogP contribution in [0, 0.1) is 20.8 Å². The normalized spacial score (nSPS) is 10.4. The number of esters is 1. The van der Waals surface area contributed by atoms with E-state index >= 15 is 0 Å². The van der Waals surface area contributed by atoms with Crippen molar-refractivity contribution in [1.82, 2.24) is 4.90 Å². The van der Waals surface area contributed by atoms with Crippen LogP contribution in [0.15, 0.2) is 24.3 Å². The van der Waals surface area contributed by atoms with Crippen molar-refractivity contribution in [2.24, 2.45) is 0 Å². The minimum Gasteiger partial charge on any atom is -0.452 e. The molecule has 7 heteroatoms. The molecule has 2 aromatic rings. The number of ether oxygens (including phenoxy) is 1. The standard InChI is InChI=1S/C20H24N2O4S/c1-12-8-6-7-9-16(12)10-22(5)17(24)11-26-20(25)18-13(2)14(3)27-19(18)21-15(4)23/h6-9H,10-11H2,1-5H3,(H,21,23). The van der Waals surface area contributed by atoms with Gasteiger partial charge in [0.15, 0.2) is 6.61 Å². The van der Waals surface area contributed by atoms with Crippen molar-refractivity contribution >= 4 is 34.1 Å². The number of rotatable bonds is 6. The third-order valence-corrected chi connectivity index (χ3v) is 5.42. The first-order valence-corrected chi connectivity index (χ1v) is 9.35. The number of hydrogen-bond donors (Lipinski definition) is 1. The largest absolute Gasteiger partial charge is 0.452 e. The summed E-state index contributed by atoms with van der Waals surface area (Å²) < 4.78 is 5.22. The van der Waals surface area contributed by atoms with Crippen LogP contribution in [0.5, 0.6) is 0 Å². The number of aryl methyl sites for hydroxylation is 2. The molecule has 2 rings (SSSR count). The van der Waals surface area contributed by atoms with Gasteiger partial charge in [-0.05, 0) is 37.5 Å². The van der Waals surface area contributed by atoms with Crippen LogP contribution in [0.1, 0.15) is 38.8 Å². The van der Waals surface area contributed by atoms with Crippen LogP contribution in [0.3, 0.4) is 0 Å². The van der Waals surface area contributed by atoms with Crippen molar-refractivity contribution in [3.8, 4) is 0 Å². The predicted octanol–water partition coefficient (Wildman–Crippen LogP) is 3.45. The van der Waals surface area contributed by atoms with Crippen LogP contribution in [0.2, 0.25) is 0 Å². The Morgan fingerprint density at radius 2 is 1.81 bits per heavy atom. The number of anilines is 1. The fourth-order valence-corrected chi connectivity index (χ4v) is 3.66. The first-order chi connectivity index (χ1) is 12.7. The lowest BCUT2D eigenvalue weighted by Gasteiger charge is -2.18. The molecule has 0 aliphatic rings. The number of hydrogen-bond acceptors (Lipinski definition) is 5. The topological polar surface area (TPSA) is 75.7 Å². The van der Waals surface area contributed by atoms with Crippen molar-refractivity contribution in [3.05, 3.63) is 51.4 Å². The average Bonchev–Trinajstić information content (AvgIpc) is 2.87. The molecule has 0 atom stereocenters. The van der Waals surface area contributed by atoms with Gasteiger partial charge in [0.2, 0.25) is 5.91 Å². The molecule has 1 aromatic heterocycles. The van der Waals surface area contributed by atoms with Crippen LogP contribution < -0.4 is 5.32 Å². The van der Waals surface area contributed by atoms with Gasteiger partial charge in [-0.2, -0.15) is 0 Å². The van der Waals surface area contributed by atoms with Gasteiger partial charge in [-0.1, -0.05) is 24.3 Å². The van der Waals surface area contributed by atoms with Crippen LogP contribution in [0.25, 0.3) is 0 Å². The van der Waals surface area contributed by atoms with Gasteiger partial charge < -0.3 is 15.0 Å². The maximum Gasteiger partial charge on any atom is 0.341 e. The Bertz CT molecular complexity index is 873. The van der Waals surface area contributed by atoms with Gasteiger partial charge >= 0.3 is 5.97 Å². The first kappa shape index (κ1) is 20.6. The molecule has 144 valence electrons. The summed E-state index contributed by atoms with van der Waals surface area (Å²) in [6, 6.07) is 7.81. The van der Waals surface area contributed by atoms with Gasteiger partial charge in [-0.3, -0.25) is 9.59 Å². The summed E-state index contributed by atoms with van der Waals surface area (Å²) in [7, 11) is 1.67. The second-order valence-corrected chi connectivity index (χ2v) is 7.65. The number of benzene rings is 1. The molecular weight excluding hydrogens is 364 g/mol. The van der Waals surface area contributed by atoms with Gasteiger partial charge in [0.05, 0.1) is 5.56 Å². The van der Waals surface area contributed by atoms with Crippen molar-refractivity contribution in [2.45, 2.75) is 34.2 Å². The molecule has 0 fully saturated rings. The highest BCUT2D eigenvalue weighted by atomic mass is 32.1. The van der Waals surface area contributed by atoms with E-state index in [-0.39, 0.29) is 18.4 Å². The SMILES string of the molecule is CC(=O)Nc1sc(C)c(C)c1C(=O)OCC(=O)N(C)Cc1ccccc1C. The van der Waals surface area contributed by atoms with Crippen LogP contribution >= 0.6 is 11.3 Å². The zero-order chi connectivity index (χ0) is 20.1. The van der Waals surface area contributed by atoms with E-state index in [9.17, 15) is 14.4 Å². The van der Waals surface area contributed by atoms with Crippen molar-refractivity contribution in [1.29, 1.82) is 0 Å². The van der Waals surface area contributed by atoms with Gasteiger partial charge in [-0.25, -0.2) is 4.79 Å². The molecular formula is C20H24N2O4S. The van der Waals surface area contributed by atoms with E-state index in [4.69, 9.17) is 4.74 Å². The number of carbonyl (C=O) groups is 3. The molecule has 2 amide bonds. The zero-order valence-electron chi connectivity index (χ0n) is 16.2. The summed E-state index contributed by atoms with van der Waals surface area (Å²) in [5, 5.41) is 3.10. The van der Waals surface area contributed by atoms with E-state index in [0.29, 0.717) is 17.1 Å². The number of amides is 2. The van der Waals surface area contributed by atoms with Crippen LogP contribution in [-0.2, 0) is 20.9 Å². The molecule has 0 aliphatic carbocycles. The minimum absolute atomic E-state index is 0.264. The fourth-order valence-electron chi connectivity index (χ4n) is 2.56. The molecule has 1 aromatic carbocycles. The quantitative estimate of drug-likeness (QED) is 0.769. The van der Waals surface area contributed by atoms with E-state index in [2.05, 4.69) is 5.32 Å². The summed E-state index contributed by atoms with van der Waals surface area (Å²) >= 11 is 1.31. The van der Waals surface area contributed by atoms with Crippen molar-refractivity contribution in [2.75, 3.05) is 19.0 Å². The monoisotopic (exact) mass is 388 g/mol. The Morgan fingerprint density at radius 3 is 2.44 bits per heavy atom. The highest BCUT2D eigenvalue weighted by molar-refractivity contribution is 7.16. The van der Waals surface area contributed by atoms with E-state index in [1.54, 1.807) is 14.0 Å². The summed E-state index contributed by atoms with van der Waals surface area (Å²) in [6.45, 7) is 7.11. The molecule has 0 bridgehead atoms. The molecule has 0 radical (unpaired) electrons. The second kappa shape index (κ2) is 8.81. The van der Waals surface area contributed by atoms with Crippen LogP contribution in [0.4, 0.5) is 5.00 Å². The number of carbonyl (C=O) groups excluding carboxylic acids is 3. The Kier molecular flexibility index (Phi) is 6.74. The Balaban J connectivity index is 2.02. The molecule has 6 nitrogen and oxygen atoms in total. The van der Waals surface area contributed by atoms with E-state index < -0.39 is 5.97 Å². The molecule has 0 unspecified atom stereocenters. The molecule has 27 heavy (non-hydrogen) atoms. The lowest BCUT2D eigenvalue weighted by Crippen LogP contribution is -2.31. The molecule has 0 aliphatic heterocycles. The summed E-state index contributed by atoms with van der Waals surface area (Å²) in [6.07, 6.45) is 0. The second-order valence-electron chi connectivity index (χ2n) is 6.42. The third kappa shape index (κ3) is 5.17. The first-order valence-electron chi connectivity index (χ1n) is 8.53. The smallest absolute Gasteiger partial charge is 0.341 e. The Hall–Kier alpha value is -2.67. The highest BCUT2D eigenvalue weighted by Gasteiger charge is 2.23. The summed E-state index contributed by atoms with van der Waals surface area (Å²) in [5.74, 6) is -1.17.